The maximum absolute atomic E-state index is 13.1. The zero-order chi connectivity index (χ0) is 16.7. The van der Waals surface area contributed by atoms with Gasteiger partial charge in [-0.1, -0.05) is 26.0 Å². The smallest absolute Gasteiger partial charge is 0.240 e. The minimum atomic E-state index is -0.310. The van der Waals surface area contributed by atoms with Gasteiger partial charge in [0.15, 0.2) is 0 Å². The molecule has 1 N–H and O–H groups in total. The second-order valence-electron chi connectivity index (χ2n) is 6.72. The fourth-order valence-corrected chi connectivity index (χ4v) is 3.61. The molecule has 1 aromatic rings. The largest absolute Gasteiger partial charge is 0.508 e. The summed E-state index contributed by atoms with van der Waals surface area (Å²) in [7, 11) is 0. The molecule has 0 bridgehead atoms. The number of benzene rings is 1. The summed E-state index contributed by atoms with van der Waals surface area (Å²) in [5, 5.41) is 10.1. The van der Waals surface area contributed by atoms with Crippen LogP contribution in [0.25, 0.3) is 0 Å². The molecule has 4 heteroatoms. The van der Waals surface area contributed by atoms with Crippen molar-refractivity contribution in [2.75, 3.05) is 13.1 Å². The molecule has 0 spiro atoms. The van der Waals surface area contributed by atoms with Gasteiger partial charge in [-0.3, -0.25) is 14.7 Å². The molecule has 1 aromatic carbocycles. The van der Waals surface area contributed by atoms with Gasteiger partial charge in [0.05, 0.1) is 5.92 Å². The summed E-state index contributed by atoms with van der Waals surface area (Å²) in [5.41, 5.74) is 3.93. The number of aliphatic imine (C=N–C) groups is 1. The quantitative estimate of drug-likeness (QED) is 0.932. The van der Waals surface area contributed by atoms with Crippen LogP contribution in [-0.4, -0.2) is 34.8 Å². The highest BCUT2D eigenvalue weighted by Crippen LogP contribution is 2.43. The number of allylic oxidation sites excluding steroid dienone is 1. The van der Waals surface area contributed by atoms with Crippen LogP contribution >= 0.6 is 0 Å². The Hall–Kier alpha value is -2.10. The van der Waals surface area contributed by atoms with Gasteiger partial charge in [0.25, 0.3) is 0 Å². The van der Waals surface area contributed by atoms with Crippen LogP contribution in [0.5, 0.6) is 5.75 Å². The number of nitrogens with zero attached hydrogens (tertiary/aromatic N) is 2. The topological polar surface area (TPSA) is 52.9 Å². The molecule has 2 aliphatic rings. The zero-order valence-corrected chi connectivity index (χ0v) is 14.3. The minimum absolute atomic E-state index is 0.0896. The second kappa shape index (κ2) is 5.84. The van der Waals surface area contributed by atoms with E-state index in [1.165, 1.54) is 0 Å². The third kappa shape index (κ3) is 2.46. The fraction of sp³-hybridized carbons (Fsp3) is 0.474. The lowest BCUT2D eigenvalue weighted by Gasteiger charge is -2.22. The lowest BCUT2D eigenvalue weighted by Crippen LogP contribution is -2.34. The highest BCUT2D eigenvalue weighted by Gasteiger charge is 2.45. The third-order valence-corrected chi connectivity index (χ3v) is 4.60. The molecule has 0 radical (unpaired) electrons. The van der Waals surface area contributed by atoms with Gasteiger partial charge < -0.3 is 5.11 Å². The Labute approximate surface area is 137 Å². The van der Waals surface area contributed by atoms with Crippen LogP contribution in [0.4, 0.5) is 0 Å². The predicted molar refractivity (Wildman–Crippen MR) is 91.9 cm³/mol. The van der Waals surface area contributed by atoms with E-state index in [1.54, 1.807) is 6.07 Å². The Morgan fingerprint density at radius 2 is 2.13 bits per heavy atom. The molecule has 122 valence electrons. The predicted octanol–water partition coefficient (Wildman–Crippen LogP) is 3.18. The van der Waals surface area contributed by atoms with Crippen LogP contribution in [0.1, 0.15) is 43.4 Å². The van der Waals surface area contributed by atoms with Crippen molar-refractivity contribution in [3.8, 4) is 5.75 Å². The number of phenolic OH excluding ortho intramolecular Hbond substituents is 1. The number of hydrogen-bond acceptors (Lipinski definition) is 3. The summed E-state index contributed by atoms with van der Waals surface area (Å²) in [5.74, 6) is 1.24. The molecule has 1 atom stereocenters. The SMILES string of the molecule is CCN=C1C2=CCc3ccc(O)c(C)c3C2C(=O)N1CC(C)C. The fourth-order valence-electron chi connectivity index (χ4n) is 3.61. The molecule has 1 aliphatic heterocycles. The first-order chi connectivity index (χ1) is 11.0. The van der Waals surface area contributed by atoms with Crippen LogP contribution < -0.4 is 0 Å². The Bertz CT molecular complexity index is 716. The average Bonchev–Trinajstić information content (AvgIpc) is 2.76. The molecule has 0 saturated carbocycles. The minimum Gasteiger partial charge on any atom is -0.508 e. The van der Waals surface area contributed by atoms with Gasteiger partial charge in [-0.05, 0) is 48.9 Å². The summed E-state index contributed by atoms with van der Waals surface area (Å²) in [4.78, 5) is 19.6. The van der Waals surface area contributed by atoms with Crippen LogP contribution in [0, 0.1) is 12.8 Å². The van der Waals surface area contributed by atoms with E-state index in [4.69, 9.17) is 0 Å². The molecule has 1 saturated heterocycles. The Morgan fingerprint density at radius 1 is 1.39 bits per heavy atom. The molecule has 1 heterocycles. The number of likely N-dealkylation sites (tertiary alicyclic amines) is 1. The van der Waals surface area contributed by atoms with Crippen LogP contribution in [-0.2, 0) is 11.2 Å². The highest BCUT2D eigenvalue weighted by atomic mass is 16.3. The van der Waals surface area contributed by atoms with Crippen molar-refractivity contribution in [3.63, 3.8) is 0 Å². The van der Waals surface area contributed by atoms with Crippen LogP contribution in [0.2, 0.25) is 0 Å². The average molecular weight is 312 g/mol. The maximum Gasteiger partial charge on any atom is 0.240 e. The summed E-state index contributed by atoms with van der Waals surface area (Å²) in [6.45, 7) is 9.45. The molecule has 1 fully saturated rings. The normalized spacial score (nSPS) is 21.7. The van der Waals surface area contributed by atoms with Crippen molar-refractivity contribution in [2.24, 2.45) is 10.9 Å². The van der Waals surface area contributed by atoms with Crippen molar-refractivity contribution >= 4 is 11.7 Å². The molecule has 1 unspecified atom stereocenters. The number of carbonyl (C=O) groups is 1. The third-order valence-electron chi connectivity index (χ3n) is 4.60. The van der Waals surface area contributed by atoms with Crippen LogP contribution in [0.15, 0.2) is 28.8 Å². The van der Waals surface area contributed by atoms with E-state index >= 15 is 0 Å². The van der Waals surface area contributed by atoms with E-state index in [0.29, 0.717) is 19.0 Å². The van der Waals surface area contributed by atoms with Gasteiger partial charge >= 0.3 is 0 Å². The number of hydrogen-bond donors (Lipinski definition) is 1. The molecule has 3 rings (SSSR count). The Balaban J connectivity index is 2.14. The number of amides is 1. The van der Waals surface area contributed by atoms with E-state index in [2.05, 4.69) is 24.9 Å². The number of rotatable bonds is 3. The first-order valence-electron chi connectivity index (χ1n) is 8.33. The number of amidine groups is 1. The zero-order valence-electron chi connectivity index (χ0n) is 14.3. The molecule has 4 nitrogen and oxygen atoms in total. The lowest BCUT2D eigenvalue weighted by molar-refractivity contribution is -0.127. The molecule has 1 aliphatic carbocycles. The van der Waals surface area contributed by atoms with Crippen molar-refractivity contribution in [1.82, 2.24) is 4.90 Å². The van der Waals surface area contributed by atoms with E-state index in [1.807, 2.05) is 24.8 Å². The van der Waals surface area contributed by atoms with Gasteiger partial charge in [0.2, 0.25) is 5.91 Å². The van der Waals surface area contributed by atoms with Crippen molar-refractivity contribution in [1.29, 1.82) is 0 Å². The van der Waals surface area contributed by atoms with Gasteiger partial charge in [-0.2, -0.15) is 0 Å². The number of phenols is 1. The lowest BCUT2D eigenvalue weighted by atomic mass is 9.80. The van der Waals surface area contributed by atoms with E-state index in [-0.39, 0.29) is 17.6 Å². The standard InChI is InChI=1S/C19H24N2O2/c1-5-20-18-14-8-6-13-7-9-15(22)12(4)16(13)17(14)19(23)21(18)10-11(2)3/h7-9,11,17,22H,5-6,10H2,1-4H3. The Morgan fingerprint density at radius 3 is 2.78 bits per heavy atom. The first-order valence-corrected chi connectivity index (χ1v) is 8.33. The highest BCUT2D eigenvalue weighted by molar-refractivity contribution is 6.20. The number of carbonyl (C=O) groups excluding carboxylic acids is 1. The summed E-state index contributed by atoms with van der Waals surface area (Å²) < 4.78 is 0. The van der Waals surface area contributed by atoms with Gasteiger partial charge in [0, 0.05) is 18.7 Å². The first kappa shape index (κ1) is 15.8. The monoisotopic (exact) mass is 312 g/mol. The Kier molecular flexibility index (Phi) is 4.00. The number of fused-ring (bicyclic) bond motifs is 3. The molecule has 23 heavy (non-hydrogen) atoms. The molecule has 1 amide bonds. The van der Waals surface area contributed by atoms with Crippen molar-refractivity contribution in [3.05, 3.63) is 40.5 Å². The van der Waals surface area contributed by atoms with Gasteiger partial charge in [0.1, 0.15) is 11.6 Å². The van der Waals surface area contributed by atoms with Gasteiger partial charge in [-0.15, -0.1) is 0 Å². The van der Waals surface area contributed by atoms with Gasteiger partial charge in [-0.25, -0.2) is 0 Å². The van der Waals surface area contributed by atoms with Crippen molar-refractivity contribution < 1.29 is 9.90 Å². The molecular weight excluding hydrogens is 288 g/mol. The summed E-state index contributed by atoms with van der Waals surface area (Å²) in [6.07, 6.45) is 2.92. The van der Waals surface area contributed by atoms with Crippen molar-refractivity contribution in [2.45, 2.75) is 40.0 Å². The summed E-state index contributed by atoms with van der Waals surface area (Å²) >= 11 is 0. The van der Waals surface area contributed by atoms with E-state index in [9.17, 15) is 9.90 Å². The number of aromatic hydroxyl groups is 1. The van der Waals surface area contributed by atoms with E-state index < -0.39 is 0 Å². The summed E-state index contributed by atoms with van der Waals surface area (Å²) in [6, 6.07) is 3.65. The van der Waals surface area contributed by atoms with Crippen LogP contribution in [0.3, 0.4) is 0 Å². The van der Waals surface area contributed by atoms with E-state index in [0.717, 1.165) is 34.5 Å². The second-order valence-corrected chi connectivity index (χ2v) is 6.72. The molecular formula is C19H24N2O2. The maximum atomic E-state index is 13.1. The molecule has 0 aromatic heterocycles.